The molecule has 0 spiro atoms. The summed E-state index contributed by atoms with van der Waals surface area (Å²) in [4.78, 5) is 31.7. The van der Waals surface area contributed by atoms with E-state index < -0.39 is 5.97 Å². The molecule has 160 valence electrons. The topological polar surface area (TPSA) is 59.5 Å². The summed E-state index contributed by atoms with van der Waals surface area (Å²) >= 11 is 1.38. The fourth-order valence-electron chi connectivity index (χ4n) is 3.11. The van der Waals surface area contributed by atoms with Gasteiger partial charge in [0.05, 0.1) is 16.8 Å². The van der Waals surface area contributed by atoms with Crippen LogP contribution in [0.15, 0.2) is 84.2 Å². The zero-order valence-electron chi connectivity index (χ0n) is 17.2. The Hall–Kier alpha value is -3.84. The minimum absolute atomic E-state index is 0.0341. The van der Waals surface area contributed by atoms with Crippen LogP contribution in [-0.4, -0.2) is 23.9 Å². The number of nitrogens with zero attached hydrogens (tertiary/aromatic N) is 2. The maximum atomic E-state index is 13.1. The lowest BCUT2D eigenvalue weighted by atomic mass is 10.1. The molecule has 0 aliphatic rings. The number of thiazole rings is 1. The first-order chi connectivity index (χ1) is 15.5. The number of esters is 1. The summed E-state index contributed by atoms with van der Waals surface area (Å²) < 4.78 is 18.5. The number of hydrogen-bond donors (Lipinski definition) is 0. The van der Waals surface area contributed by atoms with Crippen LogP contribution in [0.3, 0.4) is 0 Å². The van der Waals surface area contributed by atoms with Gasteiger partial charge in [0.15, 0.2) is 0 Å². The van der Waals surface area contributed by atoms with Gasteiger partial charge in [0, 0.05) is 23.7 Å². The molecule has 0 aliphatic heterocycles. The first-order valence-corrected chi connectivity index (χ1v) is 10.7. The third-order valence-electron chi connectivity index (χ3n) is 4.82. The van der Waals surface area contributed by atoms with E-state index in [-0.39, 0.29) is 29.5 Å². The van der Waals surface area contributed by atoms with Crippen molar-refractivity contribution < 1.29 is 18.7 Å². The maximum absolute atomic E-state index is 13.1. The second kappa shape index (κ2) is 9.53. The number of aromatic nitrogens is 1. The van der Waals surface area contributed by atoms with E-state index in [1.54, 1.807) is 48.8 Å². The highest BCUT2D eigenvalue weighted by Gasteiger charge is 2.21. The van der Waals surface area contributed by atoms with Gasteiger partial charge in [0.2, 0.25) is 0 Å². The lowest BCUT2D eigenvalue weighted by Crippen LogP contribution is -2.28. The van der Waals surface area contributed by atoms with Crippen molar-refractivity contribution in [1.82, 2.24) is 4.98 Å². The number of carbonyl (C=O) groups excluding carboxylic acids is 2. The quantitative estimate of drug-likeness (QED) is 0.363. The highest BCUT2D eigenvalue weighted by molar-refractivity contribution is 7.13. The van der Waals surface area contributed by atoms with Crippen LogP contribution in [0.4, 0.5) is 10.1 Å². The minimum Gasteiger partial charge on any atom is -0.456 e. The number of benzene rings is 3. The number of ether oxygens (including phenoxy) is 1. The lowest BCUT2D eigenvalue weighted by molar-refractivity contribution is 0.0465. The number of rotatable bonds is 6. The van der Waals surface area contributed by atoms with Gasteiger partial charge in [0.1, 0.15) is 17.4 Å². The summed E-state index contributed by atoms with van der Waals surface area (Å²) in [6.07, 6.45) is 0. The molecule has 3 aromatic carbocycles. The van der Waals surface area contributed by atoms with E-state index >= 15 is 0 Å². The largest absolute Gasteiger partial charge is 0.456 e. The SMILES string of the molecule is CN(C(=O)c1ccccc1C(=O)OCc1csc(-c2ccc(F)cc2)n1)c1ccccc1. The highest BCUT2D eigenvalue weighted by atomic mass is 32.1. The van der Waals surface area contributed by atoms with Crippen LogP contribution in [0.5, 0.6) is 0 Å². The van der Waals surface area contributed by atoms with E-state index in [1.807, 2.05) is 30.3 Å². The Morgan fingerprint density at radius 2 is 1.59 bits per heavy atom. The van der Waals surface area contributed by atoms with Crippen LogP contribution >= 0.6 is 11.3 Å². The first-order valence-electron chi connectivity index (χ1n) is 9.82. The van der Waals surface area contributed by atoms with Crippen molar-refractivity contribution in [2.24, 2.45) is 0 Å². The average Bonchev–Trinajstić information content (AvgIpc) is 3.31. The van der Waals surface area contributed by atoms with Gasteiger partial charge in [-0.3, -0.25) is 4.79 Å². The smallest absolute Gasteiger partial charge is 0.339 e. The highest BCUT2D eigenvalue weighted by Crippen LogP contribution is 2.24. The van der Waals surface area contributed by atoms with E-state index in [9.17, 15) is 14.0 Å². The number of para-hydroxylation sites is 1. The number of anilines is 1. The molecule has 1 heterocycles. The Kier molecular flexibility index (Phi) is 6.37. The average molecular weight is 447 g/mol. The van der Waals surface area contributed by atoms with Crippen molar-refractivity contribution in [2.75, 3.05) is 11.9 Å². The summed E-state index contributed by atoms with van der Waals surface area (Å²) in [5, 5.41) is 2.49. The molecule has 4 rings (SSSR count). The van der Waals surface area contributed by atoms with Gasteiger partial charge in [-0.05, 0) is 48.5 Å². The summed E-state index contributed by atoms with van der Waals surface area (Å²) in [7, 11) is 1.66. The van der Waals surface area contributed by atoms with E-state index in [0.29, 0.717) is 10.7 Å². The second-order valence-corrected chi connectivity index (χ2v) is 7.83. The van der Waals surface area contributed by atoms with Crippen molar-refractivity contribution in [3.8, 4) is 10.6 Å². The summed E-state index contributed by atoms with van der Waals surface area (Å²) in [5.74, 6) is -1.23. The molecule has 32 heavy (non-hydrogen) atoms. The standard InChI is InChI=1S/C25H19FN2O3S/c1-28(20-7-3-2-4-8-20)24(29)21-9-5-6-10-22(21)25(30)31-15-19-16-32-23(27-19)17-11-13-18(26)14-12-17/h2-14,16H,15H2,1H3. The zero-order chi connectivity index (χ0) is 22.5. The summed E-state index contributed by atoms with van der Waals surface area (Å²) in [6, 6.07) is 21.8. The fraction of sp³-hybridized carbons (Fsp3) is 0.0800. The molecule has 1 amide bonds. The van der Waals surface area contributed by atoms with Crippen LogP contribution in [0.1, 0.15) is 26.4 Å². The number of carbonyl (C=O) groups is 2. The van der Waals surface area contributed by atoms with Gasteiger partial charge in [0.25, 0.3) is 5.91 Å². The molecule has 7 heteroatoms. The second-order valence-electron chi connectivity index (χ2n) is 6.97. The predicted octanol–water partition coefficient (Wildman–Crippen LogP) is 5.58. The van der Waals surface area contributed by atoms with Crippen molar-refractivity contribution in [3.05, 3.63) is 107 Å². The molecule has 0 atom stereocenters. The van der Waals surface area contributed by atoms with Gasteiger partial charge >= 0.3 is 5.97 Å². The fourth-order valence-corrected chi connectivity index (χ4v) is 3.92. The molecule has 0 unspecified atom stereocenters. The number of halogens is 1. The lowest BCUT2D eigenvalue weighted by Gasteiger charge is -2.18. The van der Waals surface area contributed by atoms with Gasteiger partial charge < -0.3 is 9.64 Å². The van der Waals surface area contributed by atoms with Gasteiger partial charge in [-0.1, -0.05) is 30.3 Å². The Morgan fingerprint density at radius 1 is 0.938 bits per heavy atom. The number of amides is 1. The van der Waals surface area contributed by atoms with Crippen molar-refractivity contribution in [2.45, 2.75) is 6.61 Å². The third kappa shape index (κ3) is 4.73. The monoisotopic (exact) mass is 446 g/mol. The van der Waals surface area contributed by atoms with Gasteiger partial charge in [-0.15, -0.1) is 11.3 Å². The molecular formula is C25H19FN2O3S. The molecule has 0 N–H and O–H groups in total. The van der Waals surface area contributed by atoms with Crippen molar-refractivity contribution >= 4 is 28.9 Å². The number of hydrogen-bond acceptors (Lipinski definition) is 5. The van der Waals surface area contributed by atoms with Crippen molar-refractivity contribution in [3.63, 3.8) is 0 Å². The Labute approximate surface area is 188 Å². The molecule has 0 saturated carbocycles. The van der Waals surface area contributed by atoms with E-state index in [4.69, 9.17) is 4.74 Å². The normalized spacial score (nSPS) is 10.6. The molecular weight excluding hydrogens is 427 g/mol. The molecule has 0 aliphatic carbocycles. The van der Waals surface area contributed by atoms with Gasteiger partial charge in [-0.25, -0.2) is 14.2 Å². The molecule has 0 bridgehead atoms. The van der Waals surface area contributed by atoms with Crippen LogP contribution in [0.2, 0.25) is 0 Å². The molecule has 0 fully saturated rings. The van der Waals surface area contributed by atoms with Crippen LogP contribution in [-0.2, 0) is 11.3 Å². The molecule has 1 aromatic heterocycles. The van der Waals surface area contributed by atoms with Crippen molar-refractivity contribution in [1.29, 1.82) is 0 Å². The Balaban J connectivity index is 1.47. The molecule has 0 saturated heterocycles. The summed E-state index contributed by atoms with van der Waals surface area (Å²) in [5.41, 5.74) is 2.53. The Morgan fingerprint density at radius 3 is 2.31 bits per heavy atom. The van der Waals surface area contributed by atoms with Crippen LogP contribution < -0.4 is 4.90 Å². The predicted molar refractivity (Wildman–Crippen MR) is 122 cm³/mol. The van der Waals surface area contributed by atoms with E-state index in [0.717, 1.165) is 11.3 Å². The third-order valence-corrected chi connectivity index (χ3v) is 5.76. The molecule has 5 nitrogen and oxygen atoms in total. The Bertz CT molecular complexity index is 1240. The van der Waals surface area contributed by atoms with E-state index in [1.165, 1.54) is 28.4 Å². The molecule has 0 radical (unpaired) electrons. The van der Waals surface area contributed by atoms with Crippen LogP contribution in [0, 0.1) is 5.82 Å². The maximum Gasteiger partial charge on any atom is 0.339 e. The van der Waals surface area contributed by atoms with Gasteiger partial charge in [-0.2, -0.15) is 0 Å². The molecule has 4 aromatic rings. The first kappa shape index (κ1) is 21.4. The van der Waals surface area contributed by atoms with E-state index in [2.05, 4.69) is 4.98 Å². The zero-order valence-corrected chi connectivity index (χ0v) is 18.0. The van der Waals surface area contributed by atoms with Crippen LogP contribution in [0.25, 0.3) is 10.6 Å². The minimum atomic E-state index is -0.605. The summed E-state index contributed by atoms with van der Waals surface area (Å²) in [6.45, 7) is -0.0341.